The van der Waals surface area contributed by atoms with E-state index >= 15 is 0 Å². The average Bonchev–Trinajstić information content (AvgIpc) is 2.71. The Hall–Kier alpha value is -3.09. The highest BCUT2D eigenvalue weighted by Crippen LogP contribution is 2.21. The highest BCUT2D eigenvalue weighted by molar-refractivity contribution is 6.09. The van der Waals surface area contributed by atoms with Crippen molar-refractivity contribution < 1.29 is 4.79 Å². The number of nitrogens with zero attached hydrogens (tertiary/aromatic N) is 3. The predicted molar refractivity (Wildman–Crippen MR) is 121 cm³/mol. The van der Waals surface area contributed by atoms with Crippen molar-refractivity contribution in [3.63, 3.8) is 0 Å². The van der Waals surface area contributed by atoms with Crippen molar-refractivity contribution in [2.75, 3.05) is 26.7 Å². The topological polar surface area (TPSA) is 109 Å². The van der Waals surface area contributed by atoms with Crippen molar-refractivity contribution >= 4 is 29.2 Å². The molecule has 0 aliphatic carbocycles. The van der Waals surface area contributed by atoms with Gasteiger partial charge in [0.25, 0.3) is 0 Å². The van der Waals surface area contributed by atoms with Gasteiger partial charge in [-0.3, -0.25) is 9.79 Å². The summed E-state index contributed by atoms with van der Waals surface area (Å²) < 4.78 is 0. The summed E-state index contributed by atoms with van der Waals surface area (Å²) in [6.45, 7) is 7.72. The first-order valence-electron chi connectivity index (χ1n) is 9.87. The van der Waals surface area contributed by atoms with Gasteiger partial charge in [-0.25, -0.2) is 4.99 Å². The van der Waals surface area contributed by atoms with Crippen LogP contribution in [0.5, 0.6) is 0 Å². The molecule has 5 N–H and O–H groups in total. The Morgan fingerprint density at radius 3 is 2.55 bits per heavy atom. The quantitative estimate of drug-likeness (QED) is 0.486. The van der Waals surface area contributed by atoms with Crippen LogP contribution in [0, 0.1) is 5.92 Å². The van der Waals surface area contributed by atoms with Crippen LogP contribution in [0.15, 0.2) is 51.7 Å². The minimum Gasteiger partial charge on any atom is -0.404 e. The van der Waals surface area contributed by atoms with Crippen LogP contribution in [-0.2, 0) is 4.79 Å². The molecule has 0 bridgehead atoms. The molecule has 29 heavy (non-hydrogen) atoms. The Bertz CT molecular complexity index is 833. The minimum absolute atomic E-state index is 0.0371. The van der Waals surface area contributed by atoms with Crippen molar-refractivity contribution in [1.82, 2.24) is 10.2 Å². The van der Waals surface area contributed by atoms with Crippen LogP contribution in [0.25, 0.3) is 5.57 Å². The Morgan fingerprint density at radius 2 is 2.00 bits per heavy atom. The second-order valence-electron chi connectivity index (χ2n) is 7.45. The van der Waals surface area contributed by atoms with E-state index in [0.717, 1.165) is 41.1 Å². The first-order valence-corrected chi connectivity index (χ1v) is 9.87. The smallest absolute Gasteiger partial charge is 0.219 e. The molecule has 7 nitrogen and oxygen atoms in total. The number of allylic oxidation sites excluding steroid dienone is 1. The fourth-order valence-electron chi connectivity index (χ4n) is 3.05. The lowest BCUT2D eigenvalue weighted by Crippen LogP contribution is -2.40. The maximum absolute atomic E-state index is 11.7. The van der Waals surface area contributed by atoms with Gasteiger partial charge in [-0.2, -0.15) is 0 Å². The number of amidine groups is 1. The van der Waals surface area contributed by atoms with Crippen molar-refractivity contribution in [2.45, 2.75) is 27.2 Å². The van der Waals surface area contributed by atoms with Crippen LogP contribution in [-0.4, -0.2) is 49.5 Å². The van der Waals surface area contributed by atoms with Gasteiger partial charge in [-0.1, -0.05) is 26.0 Å². The van der Waals surface area contributed by atoms with E-state index in [4.69, 9.17) is 11.5 Å². The number of carbonyl (C=O) groups is 1. The molecule has 7 heteroatoms. The number of rotatable bonds is 7. The Balaban J connectivity index is 2.20. The van der Waals surface area contributed by atoms with Gasteiger partial charge in [0.2, 0.25) is 5.91 Å². The molecule has 0 saturated heterocycles. The van der Waals surface area contributed by atoms with Gasteiger partial charge >= 0.3 is 0 Å². The fourth-order valence-corrected chi connectivity index (χ4v) is 3.05. The molecular formula is C22H32N6O. The molecule has 1 aromatic carbocycles. The number of nitrogens with two attached hydrogens (primary N) is 2. The van der Waals surface area contributed by atoms with Crippen LogP contribution in [0.4, 0.5) is 5.69 Å². The average molecular weight is 397 g/mol. The third-order valence-electron chi connectivity index (χ3n) is 4.73. The summed E-state index contributed by atoms with van der Waals surface area (Å²) in [6.07, 6.45) is 4.09. The maximum Gasteiger partial charge on any atom is 0.219 e. The van der Waals surface area contributed by atoms with E-state index in [1.807, 2.05) is 31.3 Å². The van der Waals surface area contributed by atoms with Gasteiger partial charge in [0.15, 0.2) is 0 Å². The van der Waals surface area contributed by atoms with Crippen molar-refractivity contribution in [3.05, 3.63) is 47.3 Å². The number of hydrogen-bond donors (Lipinski definition) is 3. The summed E-state index contributed by atoms with van der Waals surface area (Å²) in [6, 6.07) is 7.69. The summed E-state index contributed by atoms with van der Waals surface area (Å²) >= 11 is 0. The fraction of sp³-hybridized carbons (Fsp3) is 0.409. The Morgan fingerprint density at radius 1 is 1.31 bits per heavy atom. The molecule has 2 rings (SSSR count). The van der Waals surface area contributed by atoms with Gasteiger partial charge in [0, 0.05) is 62.7 Å². The van der Waals surface area contributed by atoms with Crippen molar-refractivity contribution in [1.29, 1.82) is 0 Å². The molecule has 1 amide bonds. The molecule has 156 valence electrons. The highest BCUT2D eigenvalue weighted by Gasteiger charge is 2.22. The summed E-state index contributed by atoms with van der Waals surface area (Å²) in [5.41, 5.74) is 16.5. The molecule has 1 aromatic rings. The van der Waals surface area contributed by atoms with E-state index in [-0.39, 0.29) is 5.91 Å². The zero-order chi connectivity index (χ0) is 21.4. The maximum atomic E-state index is 11.7. The normalized spacial score (nSPS) is 16.1. The monoisotopic (exact) mass is 396 g/mol. The molecular weight excluding hydrogens is 364 g/mol. The molecule has 0 atom stereocenters. The van der Waals surface area contributed by atoms with E-state index in [9.17, 15) is 4.79 Å². The number of aliphatic imine (C=N–C) groups is 2. The van der Waals surface area contributed by atoms with E-state index in [1.54, 1.807) is 24.2 Å². The first kappa shape index (κ1) is 22.2. The number of nitrogens with one attached hydrogen (secondary N) is 1. The van der Waals surface area contributed by atoms with Gasteiger partial charge < -0.3 is 21.7 Å². The third kappa shape index (κ3) is 6.20. The SMILES string of the molecule is CNC1=C(C(N)=Nc2ccc(C(C=NCC(C)C)=CN)cc2)CN(C(C)=O)CC1. The second kappa shape index (κ2) is 10.5. The summed E-state index contributed by atoms with van der Waals surface area (Å²) in [5.74, 6) is 0.955. The molecule has 0 unspecified atom stereocenters. The number of benzene rings is 1. The number of carbonyl (C=O) groups excluding carboxylic acids is 1. The van der Waals surface area contributed by atoms with E-state index in [1.165, 1.54) is 0 Å². The van der Waals surface area contributed by atoms with Crippen LogP contribution in [0.2, 0.25) is 0 Å². The molecule has 0 aromatic heterocycles. The summed E-state index contributed by atoms with van der Waals surface area (Å²) in [4.78, 5) is 22.5. The van der Waals surface area contributed by atoms with Gasteiger partial charge in [0.05, 0.1) is 12.2 Å². The van der Waals surface area contributed by atoms with Gasteiger partial charge in [0.1, 0.15) is 5.84 Å². The summed E-state index contributed by atoms with van der Waals surface area (Å²) in [7, 11) is 1.86. The van der Waals surface area contributed by atoms with Crippen molar-refractivity contribution in [2.24, 2.45) is 27.4 Å². The van der Waals surface area contributed by atoms with Gasteiger partial charge in [-0.05, 0) is 23.6 Å². The van der Waals surface area contributed by atoms with E-state index in [2.05, 4.69) is 29.1 Å². The zero-order valence-corrected chi connectivity index (χ0v) is 17.8. The van der Waals surface area contributed by atoms with Crippen LogP contribution in [0.1, 0.15) is 32.8 Å². The molecule has 0 saturated carbocycles. The molecule has 0 fully saturated rings. The van der Waals surface area contributed by atoms with Gasteiger partial charge in [-0.15, -0.1) is 0 Å². The Kier molecular flexibility index (Phi) is 8.00. The largest absolute Gasteiger partial charge is 0.404 e. The molecule has 0 spiro atoms. The van der Waals surface area contributed by atoms with Crippen LogP contribution >= 0.6 is 0 Å². The number of hydrogen-bond acceptors (Lipinski definition) is 5. The lowest BCUT2D eigenvalue weighted by atomic mass is 10.0. The lowest BCUT2D eigenvalue weighted by molar-refractivity contribution is -0.128. The molecule has 1 heterocycles. The zero-order valence-electron chi connectivity index (χ0n) is 17.8. The first-order chi connectivity index (χ1) is 13.8. The molecule has 1 aliphatic rings. The highest BCUT2D eigenvalue weighted by atomic mass is 16.2. The minimum atomic E-state index is 0.0371. The standard InChI is InChI=1S/C22H32N6O/c1-15(2)12-26-13-18(11-23)17-5-7-19(8-6-17)27-22(24)20-14-28(16(3)29)10-9-21(20)25-4/h5-8,11,13,15,25H,9-10,12,14,23H2,1-4H3,(H2,24,27). The van der Waals surface area contributed by atoms with Crippen LogP contribution < -0.4 is 16.8 Å². The van der Waals surface area contributed by atoms with E-state index < -0.39 is 0 Å². The predicted octanol–water partition coefficient (Wildman–Crippen LogP) is 2.43. The molecule has 0 radical (unpaired) electrons. The lowest BCUT2D eigenvalue weighted by Gasteiger charge is -2.29. The third-order valence-corrected chi connectivity index (χ3v) is 4.73. The van der Waals surface area contributed by atoms with E-state index in [0.29, 0.717) is 24.8 Å². The Labute approximate surface area is 173 Å². The van der Waals surface area contributed by atoms with Crippen molar-refractivity contribution in [3.8, 4) is 0 Å². The second-order valence-corrected chi connectivity index (χ2v) is 7.45. The summed E-state index contributed by atoms with van der Waals surface area (Å²) in [5, 5.41) is 3.18. The number of amides is 1. The van der Waals surface area contributed by atoms with Crippen LogP contribution in [0.3, 0.4) is 0 Å². The molecule has 1 aliphatic heterocycles.